The van der Waals surface area contributed by atoms with Crippen molar-refractivity contribution in [3.8, 4) is 0 Å². The van der Waals surface area contributed by atoms with Crippen molar-refractivity contribution in [2.45, 2.75) is 53.1 Å². The Hall–Kier alpha value is -2.34. The number of hydrogen-bond acceptors (Lipinski definition) is 5. The van der Waals surface area contributed by atoms with Gasteiger partial charge < -0.3 is 0 Å². The number of rotatable bonds is 7. The fraction of sp³-hybridized carbons (Fsp3) is 0.524. The second-order valence-corrected chi connectivity index (χ2v) is 7.79. The zero-order chi connectivity index (χ0) is 19.4. The van der Waals surface area contributed by atoms with Gasteiger partial charge >= 0.3 is 0 Å². The Labute approximate surface area is 161 Å². The summed E-state index contributed by atoms with van der Waals surface area (Å²) >= 11 is 0. The molecule has 6 nitrogen and oxygen atoms in total. The van der Waals surface area contributed by atoms with E-state index in [0.717, 1.165) is 54.4 Å². The minimum absolute atomic E-state index is 0.177. The van der Waals surface area contributed by atoms with Gasteiger partial charge in [-0.1, -0.05) is 19.9 Å². The van der Waals surface area contributed by atoms with E-state index >= 15 is 0 Å². The van der Waals surface area contributed by atoms with Crippen LogP contribution >= 0.6 is 0 Å². The van der Waals surface area contributed by atoms with E-state index in [1.54, 1.807) is 6.20 Å². The highest BCUT2D eigenvalue weighted by atomic mass is 16.2. The molecule has 0 saturated heterocycles. The van der Waals surface area contributed by atoms with E-state index < -0.39 is 0 Å². The Morgan fingerprint density at radius 3 is 2.74 bits per heavy atom. The maximum Gasteiger partial charge on any atom is 0.228 e. The van der Waals surface area contributed by atoms with Crippen LogP contribution in [0.4, 0.5) is 5.82 Å². The number of fused-ring (bicyclic) bond motifs is 1. The summed E-state index contributed by atoms with van der Waals surface area (Å²) in [5, 5.41) is 0. The van der Waals surface area contributed by atoms with Crippen LogP contribution in [0.5, 0.6) is 0 Å². The fourth-order valence-corrected chi connectivity index (χ4v) is 3.43. The van der Waals surface area contributed by atoms with Gasteiger partial charge in [0.2, 0.25) is 5.91 Å². The van der Waals surface area contributed by atoms with E-state index in [9.17, 15) is 4.79 Å². The Morgan fingerprint density at radius 2 is 2.04 bits per heavy atom. The van der Waals surface area contributed by atoms with Gasteiger partial charge in [0.1, 0.15) is 11.6 Å². The molecule has 3 rings (SSSR count). The molecule has 6 heteroatoms. The number of anilines is 1. The third-order valence-electron chi connectivity index (χ3n) is 4.90. The van der Waals surface area contributed by atoms with E-state index in [4.69, 9.17) is 9.97 Å². The van der Waals surface area contributed by atoms with Crippen LogP contribution in [-0.4, -0.2) is 39.4 Å². The van der Waals surface area contributed by atoms with Gasteiger partial charge in [0.15, 0.2) is 0 Å². The van der Waals surface area contributed by atoms with Crippen molar-refractivity contribution in [2.75, 3.05) is 18.5 Å². The minimum Gasteiger partial charge on any atom is -0.296 e. The number of carbonyl (C=O) groups is 1. The third kappa shape index (κ3) is 4.89. The van der Waals surface area contributed by atoms with E-state index in [-0.39, 0.29) is 5.91 Å². The predicted octanol–water partition coefficient (Wildman–Crippen LogP) is 3.14. The number of nitrogens with zero attached hydrogens (tertiary/aromatic N) is 5. The first-order valence-electron chi connectivity index (χ1n) is 9.68. The number of pyridine rings is 1. The summed E-state index contributed by atoms with van der Waals surface area (Å²) in [6, 6.07) is 4.01. The highest BCUT2D eigenvalue weighted by Crippen LogP contribution is 2.28. The van der Waals surface area contributed by atoms with E-state index in [1.807, 2.05) is 31.1 Å². The second kappa shape index (κ2) is 8.57. The summed E-state index contributed by atoms with van der Waals surface area (Å²) in [7, 11) is 2.05. The van der Waals surface area contributed by atoms with E-state index in [2.05, 4.69) is 29.8 Å². The van der Waals surface area contributed by atoms with Crippen molar-refractivity contribution in [1.29, 1.82) is 0 Å². The molecular formula is C21H29N5O. The Balaban J connectivity index is 1.79. The summed E-state index contributed by atoms with van der Waals surface area (Å²) in [6.45, 7) is 8.53. The summed E-state index contributed by atoms with van der Waals surface area (Å²) in [4.78, 5) is 30.2. The molecule has 0 fully saturated rings. The van der Waals surface area contributed by atoms with Gasteiger partial charge in [0.25, 0.3) is 0 Å². The monoisotopic (exact) mass is 367 g/mol. The standard InChI is InChI=1S/C21H29N5O/c1-15(2)9-11-26-20(27)8-7-18-16(3)23-19(24-21(18)26)14-25(4)13-17-6-5-10-22-12-17/h5-6,10,12,15H,7-9,11,13-14H2,1-4H3. The van der Waals surface area contributed by atoms with E-state index in [1.165, 1.54) is 0 Å². The van der Waals surface area contributed by atoms with Gasteiger partial charge in [-0.3, -0.25) is 19.6 Å². The molecule has 2 aromatic rings. The highest BCUT2D eigenvalue weighted by molar-refractivity contribution is 5.95. The van der Waals surface area contributed by atoms with Crippen LogP contribution in [-0.2, 0) is 24.3 Å². The smallest absolute Gasteiger partial charge is 0.228 e. The molecule has 0 aliphatic carbocycles. The average molecular weight is 367 g/mol. The SMILES string of the molecule is Cc1nc(CN(C)Cc2cccnc2)nc2c1CCC(=O)N2CCC(C)C. The van der Waals surface area contributed by atoms with Crippen molar-refractivity contribution < 1.29 is 4.79 Å². The molecule has 0 saturated carbocycles. The average Bonchev–Trinajstić information content (AvgIpc) is 2.61. The lowest BCUT2D eigenvalue weighted by Crippen LogP contribution is -2.38. The molecule has 0 N–H and O–H groups in total. The van der Waals surface area contributed by atoms with Crippen LogP contribution in [0.3, 0.4) is 0 Å². The molecule has 144 valence electrons. The summed E-state index contributed by atoms with van der Waals surface area (Å²) in [5.74, 6) is 2.32. The lowest BCUT2D eigenvalue weighted by molar-refractivity contribution is -0.119. The molecular weight excluding hydrogens is 338 g/mol. The molecule has 3 heterocycles. The number of aryl methyl sites for hydroxylation is 1. The number of hydrogen-bond donors (Lipinski definition) is 0. The van der Waals surface area contributed by atoms with E-state index in [0.29, 0.717) is 18.9 Å². The first kappa shape index (κ1) is 19.4. The first-order valence-corrected chi connectivity index (χ1v) is 9.68. The van der Waals surface area contributed by atoms with Crippen molar-refractivity contribution in [3.63, 3.8) is 0 Å². The molecule has 1 aliphatic rings. The normalized spacial score (nSPS) is 14.1. The molecule has 0 bridgehead atoms. The molecule has 0 atom stereocenters. The molecule has 0 spiro atoms. The summed E-state index contributed by atoms with van der Waals surface area (Å²) in [6.07, 6.45) is 5.92. The number of carbonyl (C=O) groups excluding carboxylic acids is 1. The van der Waals surface area contributed by atoms with Gasteiger partial charge in [-0.2, -0.15) is 0 Å². The molecule has 0 radical (unpaired) electrons. The van der Waals surface area contributed by atoms with Crippen LogP contribution in [0.25, 0.3) is 0 Å². The number of amides is 1. The maximum atomic E-state index is 12.5. The van der Waals surface area contributed by atoms with Gasteiger partial charge in [-0.15, -0.1) is 0 Å². The largest absolute Gasteiger partial charge is 0.296 e. The van der Waals surface area contributed by atoms with Crippen LogP contribution in [0.1, 0.15) is 49.3 Å². The van der Waals surface area contributed by atoms with Gasteiger partial charge in [-0.05, 0) is 44.4 Å². The summed E-state index contributed by atoms with van der Waals surface area (Å²) < 4.78 is 0. The van der Waals surface area contributed by atoms with Gasteiger partial charge in [0.05, 0.1) is 6.54 Å². The fourth-order valence-electron chi connectivity index (χ4n) is 3.43. The molecule has 2 aromatic heterocycles. The Bertz CT molecular complexity index is 791. The van der Waals surface area contributed by atoms with Gasteiger partial charge in [0, 0.05) is 43.2 Å². The lowest BCUT2D eigenvalue weighted by atomic mass is 10.0. The quantitative estimate of drug-likeness (QED) is 0.752. The topological polar surface area (TPSA) is 62.2 Å². The minimum atomic E-state index is 0.177. The predicted molar refractivity (Wildman–Crippen MR) is 106 cm³/mol. The molecule has 0 unspecified atom stereocenters. The summed E-state index contributed by atoms with van der Waals surface area (Å²) in [5.41, 5.74) is 3.27. The van der Waals surface area contributed by atoms with Crippen molar-refractivity contribution in [1.82, 2.24) is 19.9 Å². The Kier molecular flexibility index (Phi) is 6.16. The van der Waals surface area contributed by atoms with Crippen LogP contribution in [0.2, 0.25) is 0 Å². The molecule has 1 amide bonds. The zero-order valence-corrected chi connectivity index (χ0v) is 16.8. The van der Waals surface area contributed by atoms with Crippen molar-refractivity contribution >= 4 is 11.7 Å². The highest BCUT2D eigenvalue weighted by Gasteiger charge is 2.28. The molecule has 27 heavy (non-hydrogen) atoms. The first-order chi connectivity index (χ1) is 12.9. The third-order valence-corrected chi connectivity index (χ3v) is 4.90. The Morgan fingerprint density at radius 1 is 1.22 bits per heavy atom. The van der Waals surface area contributed by atoms with Crippen LogP contribution in [0.15, 0.2) is 24.5 Å². The lowest BCUT2D eigenvalue weighted by Gasteiger charge is -2.30. The molecule has 1 aliphatic heterocycles. The second-order valence-electron chi connectivity index (χ2n) is 7.79. The van der Waals surface area contributed by atoms with Gasteiger partial charge in [-0.25, -0.2) is 9.97 Å². The zero-order valence-electron chi connectivity index (χ0n) is 16.8. The van der Waals surface area contributed by atoms with Crippen LogP contribution in [0, 0.1) is 12.8 Å². The van der Waals surface area contributed by atoms with Crippen molar-refractivity contribution in [3.05, 3.63) is 47.2 Å². The van der Waals surface area contributed by atoms with Crippen molar-refractivity contribution in [2.24, 2.45) is 5.92 Å². The number of aromatic nitrogens is 3. The van der Waals surface area contributed by atoms with Crippen LogP contribution < -0.4 is 4.90 Å². The molecule has 0 aromatic carbocycles. The maximum absolute atomic E-state index is 12.5.